The van der Waals surface area contributed by atoms with Crippen LogP contribution in [0.2, 0.25) is 0 Å². The first kappa shape index (κ1) is 22.5. The van der Waals surface area contributed by atoms with E-state index in [1.165, 1.54) is 13.2 Å². The molecule has 1 unspecified atom stereocenters. The summed E-state index contributed by atoms with van der Waals surface area (Å²) in [6.07, 6.45) is 0. The first-order valence-corrected chi connectivity index (χ1v) is 10.8. The van der Waals surface area contributed by atoms with Crippen molar-refractivity contribution in [3.8, 4) is 11.4 Å². The summed E-state index contributed by atoms with van der Waals surface area (Å²) in [6, 6.07) is 16.5. The van der Waals surface area contributed by atoms with E-state index in [9.17, 15) is 18.4 Å². The molecule has 4 rings (SSSR count). The number of ether oxygens (including phenoxy) is 1. The third-order valence-electron chi connectivity index (χ3n) is 4.91. The van der Waals surface area contributed by atoms with Crippen LogP contribution in [0.15, 0.2) is 76.7 Å². The van der Waals surface area contributed by atoms with E-state index in [4.69, 9.17) is 4.74 Å². The molecule has 1 amide bonds. The van der Waals surface area contributed by atoms with E-state index < -0.39 is 22.4 Å². The number of nitrogens with one attached hydrogen (secondary N) is 1. The van der Waals surface area contributed by atoms with E-state index in [2.05, 4.69) is 10.3 Å². The third kappa shape index (κ3) is 4.58. The SMILES string of the molecule is COc1ccccc1NC(=O)C(C)Sc1nc2ccccc2c(=O)n1-c1ccc(F)cc1F. The molecule has 0 bridgehead atoms. The Balaban J connectivity index is 1.75. The Morgan fingerprint density at radius 3 is 2.58 bits per heavy atom. The molecule has 0 aliphatic rings. The molecule has 0 aliphatic heterocycles. The number of carbonyl (C=O) groups is 1. The van der Waals surface area contributed by atoms with Gasteiger partial charge in [0.15, 0.2) is 5.16 Å². The standard InChI is InChI=1S/C24H19F2N3O3S/c1-14(22(30)27-19-9-5-6-10-21(19)32-2)33-24-28-18-8-4-3-7-16(18)23(31)29(24)20-12-11-15(25)13-17(20)26/h3-14H,1-2H3,(H,27,30). The van der Waals surface area contributed by atoms with Gasteiger partial charge in [-0.2, -0.15) is 0 Å². The maximum absolute atomic E-state index is 14.6. The fourth-order valence-corrected chi connectivity index (χ4v) is 4.18. The molecule has 0 radical (unpaired) electrons. The Labute approximate surface area is 192 Å². The number of thioether (sulfide) groups is 1. The van der Waals surface area contributed by atoms with Crippen LogP contribution in [0.5, 0.6) is 5.75 Å². The summed E-state index contributed by atoms with van der Waals surface area (Å²) in [5, 5.41) is 2.46. The summed E-state index contributed by atoms with van der Waals surface area (Å²) in [5.41, 5.74) is 0.220. The van der Waals surface area contributed by atoms with Gasteiger partial charge in [-0.1, -0.05) is 36.0 Å². The molecule has 6 nitrogen and oxygen atoms in total. The minimum atomic E-state index is -0.915. The smallest absolute Gasteiger partial charge is 0.266 e. The molecule has 1 heterocycles. The van der Waals surface area contributed by atoms with Gasteiger partial charge in [0.1, 0.15) is 17.4 Å². The monoisotopic (exact) mass is 467 g/mol. The van der Waals surface area contributed by atoms with Gasteiger partial charge in [-0.25, -0.2) is 13.8 Å². The number of carbonyl (C=O) groups excluding carboxylic acids is 1. The summed E-state index contributed by atoms with van der Waals surface area (Å²) in [5.74, 6) is -1.55. The lowest BCUT2D eigenvalue weighted by atomic mass is 10.2. The lowest BCUT2D eigenvalue weighted by Gasteiger charge is -2.17. The molecule has 0 saturated heterocycles. The van der Waals surface area contributed by atoms with E-state index in [0.29, 0.717) is 23.0 Å². The predicted octanol–water partition coefficient (Wildman–Crippen LogP) is 4.79. The van der Waals surface area contributed by atoms with E-state index in [0.717, 1.165) is 22.4 Å². The minimum Gasteiger partial charge on any atom is -0.495 e. The number of halogens is 2. The number of hydrogen-bond acceptors (Lipinski definition) is 5. The Morgan fingerprint density at radius 2 is 1.82 bits per heavy atom. The average Bonchev–Trinajstić information content (AvgIpc) is 2.80. The van der Waals surface area contributed by atoms with Crippen LogP contribution in [0.3, 0.4) is 0 Å². The summed E-state index contributed by atoms with van der Waals surface area (Å²) >= 11 is 0.986. The largest absolute Gasteiger partial charge is 0.495 e. The molecule has 0 spiro atoms. The van der Waals surface area contributed by atoms with Gasteiger partial charge in [0.05, 0.1) is 34.6 Å². The zero-order valence-electron chi connectivity index (χ0n) is 17.7. The minimum absolute atomic E-state index is 0.104. The first-order valence-electron chi connectivity index (χ1n) is 9.97. The van der Waals surface area contributed by atoms with Crippen molar-refractivity contribution in [2.45, 2.75) is 17.3 Å². The van der Waals surface area contributed by atoms with Crippen LogP contribution in [-0.2, 0) is 4.79 Å². The summed E-state index contributed by atoms with van der Waals surface area (Å²) in [4.78, 5) is 30.6. The lowest BCUT2D eigenvalue weighted by molar-refractivity contribution is -0.115. The van der Waals surface area contributed by atoms with E-state index in [-0.39, 0.29) is 22.1 Å². The number of amides is 1. The number of para-hydroxylation sites is 3. The molecule has 1 N–H and O–H groups in total. The Morgan fingerprint density at radius 1 is 1.09 bits per heavy atom. The molecule has 1 aromatic heterocycles. The van der Waals surface area contributed by atoms with Crippen LogP contribution in [0.4, 0.5) is 14.5 Å². The predicted molar refractivity (Wildman–Crippen MR) is 124 cm³/mol. The van der Waals surface area contributed by atoms with Gasteiger partial charge in [-0.05, 0) is 43.3 Å². The molecule has 0 saturated carbocycles. The van der Waals surface area contributed by atoms with Gasteiger partial charge in [-0.15, -0.1) is 0 Å². The maximum Gasteiger partial charge on any atom is 0.266 e. The highest BCUT2D eigenvalue weighted by Gasteiger charge is 2.22. The van der Waals surface area contributed by atoms with Crippen molar-refractivity contribution in [1.82, 2.24) is 9.55 Å². The molecule has 0 fully saturated rings. The molecule has 0 aliphatic carbocycles. The molecule has 168 valence electrons. The van der Waals surface area contributed by atoms with Crippen LogP contribution in [0.1, 0.15) is 6.92 Å². The zero-order chi connectivity index (χ0) is 23.5. The quantitative estimate of drug-likeness (QED) is 0.326. The zero-order valence-corrected chi connectivity index (χ0v) is 18.5. The highest BCUT2D eigenvalue weighted by molar-refractivity contribution is 8.00. The second-order valence-electron chi connectivity index (χ2n) is 7.10. The van der Waals surface area contributed by atoms with Crippen molar-refractivity contribution in [1.29, 1.82) is 0 Å². The van der Waals surface area contributed by atoms with Gasteiger partial charge in [0.2, 0.25) is 5.91 Å². The van der Waals surface area contributed by atoms with Crippen LogP contribution in [-0.4, -0.2) is 27.8 Å². The summed E-state index contributed by atoms with van der Waals surface area (Å²) in [7, 11) is 1.50. The number of aromatic nitrogens is 2. The van der Waals surface area contributed by atoms with Crippen molar-refractivity contribution < 1.29 is 18.3 Å². The van der Waals surface area contributed by atoms with Gasteiger partial charge < -0.3 is 10.1 Å². The van der Waals surface area contributed by atoms with Crippen LogP contribution < -0.4 is 15.6 Å². The summed E-state index contributed by atoms with van der Waals surface area (Å²) < 4.78 is 34.4. The number of benzene rings is 3. The van der Waals surface area contributed by atoms with Crippen LogP contribution >= 0.6 is 11.8 Å². The average molecular weight is 467 g/mol. The fraction of sp³-hybridized carbons (Fsp3) is 0.125. The highest BCUT2D eigenvalue weighted by atomic mass is 32.2. The number of fused-ring (bicyclic) bond motifs is 1. The van der Waals surface area contributed by atoms with Crippen molar-refractivity contribution in [3.63, 3.8) is 0 Å². The normalized spacial score (nSPS) is 11.9. The molecule has 9 heteroatoms. The van der Waals surface area contributed by atoms with Crippen LogP contribution in [0.25, 0.3) is 16.6 Å². The second kappa shape index (κ2) is 9.41. The van der Waals surface area contributed by atoms with E-state index in [1.54, 1.807) is 55.5 Å². The number of methoxy groups -OCH3 is 1. The number of anilines is 1. The molecule has 1 atom stereocenters. The maximum atomic E-state index is 14.6. The third-order valence-corrected chi connectivity index (χ3v) is 5.96. The summed E-state index contributed by atoms with van der Waals surface area (Å²) in [6.45, 7) is 1.64. The number of hydrogen-bond donors (Lipinski definition) is 1. The van der Waals surface area contributed by atoms with E-state index in [1.807, 2.05) is 0 Å². The number of rotatable bonds is 6. The molecular formula is C24H19F2N3O3S. The Bertz CT molecular complexity index is 1410. The molecule has 3 aromatic carbocycles. The Hall–Kier alpha value is -3.72. The highest BCUT2D eigenvalue weighted by Crippen LogP contribution is 2.29. The van der Waals surface area contributed by atoms with Crippen molar-refractivity contribution in [2.75, 3.05) is 12.4 Å². The van der Waals surface area contributed by atoms with Crippen molar-refractivity contribution in [3.05, 3.63) is 88.7 Å². The van der Waals surface area contributed by atoms with Gasteiger partial charge in [-0.3, -0.25) is 14.2 Å². The van der Waals surface area contributed by atoms with Gasteiger partial charge >= 0.3 is 0 Å². The first-order chi connectivity index (χ1) is 15.9. The second-order valence-corrected chi connectivity index (χ2v) is 8.41. The Kier molecular flexibility index (Phi) is 6.41. The van der Waals surface area contributed by atoms with E-state index >= 15 is 0 Å². The lowest BCUT2D eigenvalue weighted by Crippen LogP contribution is -2.26. The molecule has 4 aromatic rings. The molecular weight excluding hydrogens is 448 g/mol. The van der Waals surface area contributed by atoms with Crippen molar-refractivity contribution in [2.24, 2.45) is 0 Å². The van der Waals surface area contributed by atoms with Gasteiger partial charge in [0, 0.05) is 6.07 Å². The molecule has 33 heavy (non-hydrogen) atoms. The number of nitrogens with zero attached hydrogens (tertiary/aromatic N) is 2. The topological polar surface area (TPSA) is 73.2 Å². The van der Waals surface area contributed by atoms with Gasteiger partial charge in [0.25, 0.3) is 5.56 Å². The van der Waals surface area contributed by atoms with Crippen LogP contribution in [0, 0.1) is 11.6 Å². The fourth-order valence-electron chi connectivity index (χ4n) is 3.26. The van der Waals surface area contributed by atoms with Crippen molar-refractivity contribution >= 4 is 34.3 Å².